The molecule has 1 nitrogen and oxygen atoms in total. The van der Waals surface area contributed by atoms with Crippen LogP contribution >= 0.6 is 0 Å². The second-order valence-electron chi connectivity index (χ2n) is 15.7. The van der Waals surface area contributed by atoms with Gasteiger partial charge in [-0.25, -0.2) is 0 Å². The van der Waals surface area contributed by atoms with Crippen molar-refractivity contribution in [3.05, 3.63) is 249 Å². The average Bonchev–Trinajstić information content (AvgIpc) is 3.34. The van der Waals surface area contributed by atoms with Crippen LogP contribution < -0.4 is 4.90 Å². The topological polar surface area (TPSA) is 3.24 Å². The minimum Gasteiger partial charge on any atom is -0.310 e. The molecule has 0 bridgehead atoms. The van der Waals surface area contributed by atoms with Crippen molar-refractivity contribution in [1.29, 1.82) is 0 Å². The molecule has 286 valence electrons. The fraction of sp³-hybridized carbons (Fsp3) is 0. The van der Waals surface area contributed by atoms with E-state index in [1.54, 1.807) is 0 Å². The Bertz CT molecular complexity index is 3330. The van der Waals surface area contributed by atoms with Gasteiger partial charge in [0, 0.05) is 16.9 Å². The predicted molar refractivity (Wildman–Crippen MR) is 261 cm³/mol. The van der Waals surface area contributed by atoms with Crippen LogP contribution in [-0.4, -0.2) is 0 Å². The van der Waals surface area contributed by atoms with Crippen LogP contribution in [0.3, 0.4) is 0 Å². The zero-order valence-corrected chi connectivity index (χ0v) is 33.6. The number of rotatable bonds is 8. The van der Waals surface area contributed by atoms with Gasteiger partial charge in [0.15, 0.2) is 0 Å². The van der Waals surface area contributed by atoms with Crippen LogP contribution in [0.4, 0.5) is 17.1 Å². The van der Waals surface area contributed by atoms with E-state index in [0.29, 0.717) is 0 Å². The lowest BCUT2D eigenvalue weighted by atomic mass is 9.87. The van der Waals surface area contributed by atoms with E-state index >= 15 is 0 Å². The van der Waals surface area contributed by atoms with Gasteiger partial charge in [-0.05, 0) is 125 Å². The summed E-state index contributed by atoms with van der Waals surface area (Å²) >= 11 is 0. The highest BCUT2D eigenvalue weighted by Gasteiger charge is 2.23. The van der Waals surface area contributed by atoms with E-state index < -0.39 is 0 Å². The Morgan fingerprint density at radius 1 is 0.230 bits per heavy atom. The zero-order chi connectivity index (χ0) is 40.5. The molecule has 0 saturated carbocycles. The van der Waals surface area contributed by atoms with E-state index in [-0.39, 0.29) is 0 Å². The molecule has 1 heteroatoms. The molecule has 0 unspecified atom stereocenters. The molecule has 0 fully saturated rings. The lowest BCUT2D eigenvalue weighted by Crippen LogP contribution is -2.12. The standard InChI is InChI=1S/C60H41N/c1-3-17-44(18-4-1)52-23-11-14-27-57(52)60-54(45-19-5-2-6-20-45)28-15-29-59(60)61(50-36-32-43(33-37-50)48-31-30-42-16-7-8-21-47(42)40-48)51-38-34-46(35-39-51)58-41-49-22-9-10-24-53(49)55-25-12-13-26-56(55)58/h1-41H. The van der Waals surface area contributed by atoms with Crippen molar-refractivity contribution < 1.29 is 0 Å². The number of benzene rings is 11. The molecular weight excluding hydrogens is 735 g/mol. The Hall–Kier alpha value is -8.00. The second-order valence-corrected chi connectivity index (χ2v) is 15.7. The third kappa shape index (κ3) is 6.73. The maximum Gasteiger partial charge on any atom is 0.0546 e. The van der Waals surface area contributed by atoms with Crippen molar-refractivity contribution in [2.24, 2.45) is 0 Å². The fourth-order valence-electron chi connectivity index (χ4n) is 9.12. The van der Waals surface area contributed by atoms with Crippen LogP contribution in [0, 0.1) is 0 Å². The van der Waals surface area contributed by atoms with Gasteiger partial charge in [0.05, 0.1) is 5.69 Å². The molecule has 0 heterocycles. The van der Waals surface area contributed by atoms with E-state index in [0.717, 1.165) is 17.1 Å². The molecule has 0 aromatic heterocycles. The summed E-state index contributed by atoms with van der Waals surface area (Å²) in [5.41, 5.74) is 15.2. The van der Waals surface area contributed by atoms with Crippen LogP contribution in [0.5, 0.6) is 0 Å². The molecule has 11 aromatic rings. The van der Waals surface area contributed by atoms with Crippen molar-refractivity contribution in [2.45, 2.75) is 0 Å². The summed E-state index contributed by atoms with van der Waals surface area (Å²) in [4.78, 5) is 2.44. The highest BCUT2D eigenvalue weighted by molar-refractivity contribution is 6.14. The Kier molecular flexibility index (Phi) is 9.26. The first-order valence-corrected chi connectivity index (χ1v) is 21.0. The van der Waals surface area contributed by atoms with Gasteiger partial charge in [-0.2, -0.15) is 0 Å². The molecular formula is C60H41N. The van der Waals surface area contributed by atoms with Gasteiger partial charge in [0.2, 0.25) is 0 Å². The summed E-state index contributed by atoms with van der Waals surface area (Å²) in [5, 5.41) is 7.53. The average molecular weight is 776 g/mol. The van der Waals surface area contributed by atoms with Gasteiger partial charge in [-0.1, -0.05) is 206 Å². The van der Waals surface area contributed by atoms with Crippen molar-refractivity contribution in [3.63, 3.8) is 0 Å². The summed E-state index contributed by atoms with van der Waals surface area (Å²) in [7, 11) is 0. The van der Waals surface area contributed by atoms with Crippen molar-refractivity contribution in [3.8, 4) is 55.6 Å². The van der Waals surface area contributed by atoms with E-state index in [4.69, 9.17) is 0 Å². The zero-order valence-electron chi connectivity index (χ0n) is 33.6. The molecule has 0 radical (unpaired) electrons. The van der Waals surface area contributed by atoms with Gasteiger partial charge in [0.1, 0.15) is 0 Å². The third-order valence-electron chi connectivity index (χ3n) is 12.1. The van der Waals surface area contributed by atoms with Crippen LogP contribution in [0.25, 0.3) is 88.0 Å². The van der Waals surface area contributed by atoms with Gasteiger partial charge in [0.25, 0.3) is 0 Å². The molecule has 0 saturated heterocycles. The van der Waals surface area contributed by atoms with Gasteiger partial charge < -0.3 is 4.90 Å². The van der Waals surface area contributed by atoms with Crippen LogP contribution in [0.15, 0.2) is 249 Å². The van der Waals surface area contributed by atoms with Crippen molar-refractivity contribution >= 4 is 49.4 Å². The molecule has 0 aliphatic carbocycles. The van der Waals surface area contributed by atoms with E-state index in [1.807, 2.05) is 0 Å². The largest absolute Gasteiger partial charge is 0.310 e. The lowest BCUT2D eigenvalue weighted by molar-refractivity contribution is 1.28. The Labute approximate surface area is 357 Å². The number of anilines is 3. The second kappa shape index (κ2) is 15.6. The first kappa shape index (κ1) is 36.1. The number of nitrogens with zero attached hydrogens (tertiary/aromatic N) is 1. The number of hydrogen-bond acceptors (Lipinski definition) is 1. The van der Waals surface area contributed by atoms with E-state index in [2.05, 4.69) is 254 Å². The fourth-order valence-corrected chi connectivity index (χ4v) is 9.12. The number of hydrogen-bond donors (Lipinski definition) is 0. The molecule has 0 N–H and O–H groups in total. The smallest absolute Gasteiger partial charge is 0.0546 e. The maximum absolute atomic E-state index is 2.44. The van der Waals surface area contributed by atoms with E-state index in [1.165, 1.54) is 88.0 Å². The molecule has 61 heavy (non-hydrogen) atoms. The summed E-state index contributed by atoms with van der Waals surface area (Å²) in [6, 6.07) is 90.5. The van der Waals surface area contributed by atoms with Gasteiger partial charge >= 0.3 is 0 Å². The highest BCUT2D eigenvalue weighted by Crippen LogP contribution is 2.48. The summed E-state index contributed by atoms with van der Waals surface area (Å²) in [6.07, 6.45) is 0. The maximum atomic E-state index is 2.44. The van der Waals surface area contributed by atoms with E-state index in [9.17, 15) is 0 Å². The Balaban J connectivity index is 1.12. The third-order valence-corrected chi connectivity index (χ3v) is 12.1. The first-order chi connectivity index (χ1) is 30.3. The Morgan fingerprint density at radius 2 is 0.721 bits per heavy atom. The summed E-state index contributed by atoms with van der Waals surface area (Å²) < 4.78 is 0. The molecule has 11 rings (SSSR count). The Morgan fingerprint density at radius 3 is 1.43 bits per heavy atom. The summed E-state index contributed by atoms with van der Waals surface area (Å²) in [5.74, 6) is 0. The molecule has 0 spiro atoms. The van der Waals surface area contributed by atoms with Crippen LogP contribution in [0.1, 0.15) is 0 Å². The normalized spacial score (nSPS) is 11.3. The van der Waals surface area contributed by atoms with Crippen molar-refractivity contribution in [1.82, 2.24) is 0 Å². The minimum atomic E-state index is 1.08. The minimum absolute atomic E-state index is 1.08. The molecule has 0 aliphatic rings. The molecule has 11 aromatic carbocycles. The first-order valence-electron chi connectivity index (χ1n) is 21.0. The highest BCUT2D eigenvalue weighted by atomic mass is 15.1. The monoisotopic (exact) mass is 775 g/mol. The molecule has 0 aliphatic heterocycles. The number of fused-ring (bicyclic) bond motifs is 4. The molecule has 0 atom stereocenters. The lowest BCUT2D eigenvalue weighted by Gasteiger charge is -2.30. The predicted octanol–water partition coefficient (Wildman–Crippen LogP) is 17.0. The quantitative estimate of drug-likeness (QED) is 0.139. The van der Waals surface area contributed by atoms with Crippen LogP contribution in [0.2, 0.25) is 0 Å². The SMILES string of the molecule is c1ccc(-c2ccccc2-c2c(-c3ccccc3)cccc2N(c2ccc(-c3ccc4ccccc4c3)cc2)c2ccc(-c3cc4ccccc4c4ccccc34)cc2)cc1. The van der Waals surface area contributed by atoms with Crippen LogP contribution in [-0.2, 0) is 0 Å². The molecule has 0 amide bonds. The van der Waals surface area contributed by atoms with Gasteiger partial charge in [-0.15, -0.1) is 0 Å². The summed E-state index contributed by atoms with van der Waals surface area (Å²) in [6.45, 7) is 0. The van der Waals surface area contributed by atoms with Crippen molar-refractivity contribution in [2.75, 3.05) is 4.90 Å². The van der Waals surface area contributed by atoms with Gasteiger partial charge in [-0.3, -0.25) is 0 Å².